The van der Waals surface area contributed by atoms with Crippen molar-refractivity contribution in [3.05, 3.63) is 35.7 Å². The highest BCUT2D eigenvalue weighted by Gasteiger charge is 2.08. The summed E-state index contributed by atoms with van der Waals surface area (Å²) in [5.41, 5.74) is 9.82. The fourth-order valence-electron chi connectivity index (χ4n) is 1.95. The van der Waals surface area contributed by atoms with E-state index in [1.54, 1.807) is 13.3 Å². The van der Waals surface area contributed by atoms with Crippen LogP contribution in [0.15, 0.2) is 24.4 Å². The quantitative estimate of drug-likeness (QED) is 0.858. The fourth-order valence-corrected chi connectivity index (χ4v) is 1.95. The number of hydrogen-bond donors (Lipinski definition) is 1. The van der Waals surface area contributed by atoms with Gasteiger partial charge in [0.25, 0.3) is 0 Å². The van der Waals surface area contributed by atoms with Crippen molar-refractivity contribution < 1.29 is 4.74 Å². The lowest BCUT2D eigenvalue weighted by molar-refractivity contribution is 0.398. The van der Waals surface area contributed by atoms with E-state index >= 15 is 0 Å². The number of aryl methyl sites for hydroxylation is 2. The molecule has 0 aliphatic rings. The van der Waals surface area contributed by atoms with Gasteiger partial charge >= 0.3 is 0 Å². The number of hydrogen-bond acceptors (Lipinski definition) is 4. The number of aromatic nitrogens is 2. The van der Waals surface area contributed by atoms with Crippen LogP contribution in [-0.4, -0.2) is 17.1 Å². The Kier molecular flexibility index (Phi) is 2.95. The highest BCUT2D eigenvalue weighted by atomic mass is 16.5. The van der Waals surface area contributed by atoms with Crippen LogP contribution in [0.25, 0.3) is 11.1 Å². The Morgan fingerprint density at radius 1 is 1.24 bits per heavy atom. The van der Waals surface area contributed by atoms with Gasteiger partial charge in [0.1, 0.15) is 5.82 Å². The van der Waals surface area contributed by atoms with Crippen LogP contribution in [0.5, 0.6) is 5.88 Å². The van der Waals surface area contributed by atoms with Crippen molar-refractivity contribution in [2.75, 3.05) is 12.8 Å². The van der Waals surface area contributed by atoms with Gasteiger partial charge in [-0.1, -0.05) is 0 Å². The van der Waals surface area contributed by atoms with E-state index in [9.17, 15) is 0 Å². The molecule has 2 aromatic rings. The molecule has 88 valence electrons. The molecule has 0 radical (unpaired) electrons. The summed E-state index contributed by atoms with van der Waals surface area (Å²) in [5.74, 6) is 1.15. The Labute approximate surface area is 100 Å². The van der Waals surface area contributed by atoms with Gasteiger partial charge in [0.05, 0.1) is 7.11 Å². The molecule has 0 amide bonds. The van der Waals surface area contributed by atoms with Crippen molar-refractivity contribution in [2.24, 2.45) is 0 Å². The highest BCUT2D eigenvalue weighted by Crippen LogP contribution is 2.27. The second kappa shape index (κ2) is 4.41. The molecule has 0 unspecified atom stereocenters. The Bertz CT molecular complexity index is 512. The van der Waals surface area contributed by atoms with Gasteiger partial charge in [-0.15, -0.1) is 0 Å². The first-order valence-corrected chi connectivity index (χ1v) is 5.36. The zero-order chi connectivity index (χ0) is 12.4. The molecule has 0 spiro atoms. The minimum atomic E-state index is 0.547. The molecular weight excluding hydrogens is 214 g/mol. The summed E-state index contributed by atoms with van der Waals surface area (Å²) in [6.07, 6.45) is 1.78. The lowest BCUT2D eigenvalue weighted by Crippen LogP contribution is -1.98. The van der Waals surface area contributed by atoms with Crippen LogP contribution >= 0.6 is 0 Å². The van der Waals surface area contributed by atoms with Gasteiger partial charge in [-0.3, -0.25) is 0 Å². The maximum absolute atomic E-state index is 5.71. The summed E-state index contributed by atoms with van der Waals surface area (Å²) in [6, 6.07) is 5.68. The number of anilines is 1. The first-order valence-electron chi connectivity index (χ1n) is 5.36. The number of ether oxygens (including phenoxy) is 1. The maximum Gasteiger partial charge on any atom is 0.212 e. The van der Waals surface area contributed by atoms with Crippen LogP contribution < -0.4 is 10.5 Å². The SMILES string of the molecule is COc1ccc(-c2c(C)cc(N)nc2C)cn1. The van der Waals surface area contributed by atoms with Gasteiger partial charge in [-0.05, 0) is 31.5 Å². The molecule has 2 N–H and O–H groups in total. The molecular formula is C13H15N3O. The third kappa shape index (κ3) is 2.20. The molecule has 2 aromatic heterocycles. The van der Waals surface area contributed by atoms with Crippen LogP contribution in [0.4, 0.5) is 5.82 Å². The van der Waals surface area contributed by atoms with Gasteiger partial charge in [-0.25, -0.2) is 9.97 Å². The van der Waals surface area contributed by atoms with Crippen molar-refractivity contribution in [3.63, 3.8) is 0 Å². The van der Waals surface area contributed by atoms with Gasteiger partial charge in [-0.2, -0.15) is 0 Å². The molecule has 17 heavy (non-hydrogen) atoms. The normalized spacial score (nSPS) is 10.3. The number of methoxy groups -OCH3 is 1. The third-order valence-corrected chi connectivity index (χ3v) is 2.65. The smallest absolute Gasteiger partial charge is 0.212 e. The molecule has 0 saturated heterocycles. The first kappa shape index (κ1) is 11.4. The van der Waals surface area contributed by atoms with Crippen LogP contribution in [0, 0.1) is 13.8 Å². The summed E-state index contributed by atoms with van der Waals surface area (Å²) in [5, 5.41) is 0. The van der Waals surface area contributed by atoms with E-state index in [1.807, 2.05) is 32.0 Å². The standard InChI is InChI=1S/C13H15N3O/c1-8-6-11(14)16-9(2)13(8)10-4-5-12(17-3)15-7-10/h4-7H,1-3H3,(H2,14,16). The number of pyridine rings is 2. The predicted molar refractivity (Wildman–Crippen MR) is 67.9 cm³/mol. The summed E-state index contributed by atoms with van der Waals surface area (Å²) < 4.78 is 5.04. The van der Waals surface area contributed by atoms with E-state index in [1.165, 1.54) is 0 Å². The molecule has 0 bridgehead atoms. The topological polar surface area (TPSA) is 61.0 Å². The average Bonchev–Trinajstić information content (AvgIpc) is 2.28. The van der Waals surface area contributed by atoms with Gasteiger partial charge in [0.15, 0.2) is 0 Å². The third-order valence-electron chi connectivity index (χ3n) is 2.65. The molecule has 0 aliphatic carbocycles. The lowest BCUT2D eigenvalue weighted by Gasteiger charge is -2.10. The minimum absolute atomic E-state index is 0.547. The second-order valence-corrected chi connectivity index (χ2v) is 3.91. The monoisotopic (exact) mass is 229 g/mol. The number of nitrogen functional groups attached to an aromatic ring is 1. The van der Waals surface area contributed by atoms with E-state index in [4.69, 9.17) is 10.5 Å². The van der Waals surface area contributed by atoms with Crippen LogP contribution in [0.3, 0.4) is 0 Å². The van der Waals surface area contributed by atoms with Gasteiger partial charge in [0.2, 0.25) is 5.88 Å². The Balaban J connectivity index is 2.52. The van der Waals surface area contributed by atoms with E-state index < -0.39 is 0 Å². The lowest BCUT2D eigenvalue weighted by atomic mass is 10.0. The fraction of sp³-hybridized carbons (Fsp3) is 0.231. The highest BCUT2D eigenvalue weighted by molar-refractivity contribution is 5.70. The van der Waals surface area contributed by atoms with E-state index in [0.717, 1.165) is 22.4 Å². The van der Waals surface area contributed by atoms with Crippen molar-refractivity contribution in [2.45, 2.75) is 13.8 Å². The summed E-state index contributed by atoms with van der Waals surface area (Å²) in [6.45, 7) is 3.97. The molecule has 0 aromatic carbocycles. The zero-order valence-electron chi connectivity index (χ0n) is 10.2. The van der Waals surface area contributed by atoms with Gasteiger partial charge < -0.3 is 10.5 Å². The van der Waals surface area contributed by atoms with E-state index in [2.05, 4.69) is 9.97 Å². The van der Waals surface area contributed by atoms with Crippen LogP contribution in [0.1, 0.15) is 11.3 Å². The summed E-state index contributed by atoms with van der Waals surface area (Å²) >= 11 is 0. The maximum atomic E-state index is 5.71. The largest absolute Gasteiger partial charge is 0.481 e. The van der Waals surface area contributed by atoms with Crippen molar-refractivity contribution in [1.29, 1.82) is 0 Å². The number of nitrogens with zero attached hydrogens (tertiary/aromatic N) is 2. The Morgan fingerprint density at radius 3 is 2.53 bits per heavy atom. The molecule has 0 atom stereocenters. The number of rotatable bonds is 2. The molecule has 2 heterocycles. The molecule has 2 rings (SSSR count). The van der Waals surface area contributed by atoms with Crippen LogP contribution in [0.2, 0.25) is 0 Å². The van der Waals surface area contributed by atoms with Gasteiger partial charge in [0, 0.05) is 29.1 Å². The van der Waals surface area contributed by atoms with E-state index in [0.29, 0.717) is 11.7 Å². The summed E-state index contributed by atoms with van der Waals surface area (Å²) in [4.78, 5) is 8.47. The molecule has 0 aliphatic heterocycles. The number of nitrogens with two attached hydrogens (primary N) is 1. The Hall–Kier alpha value is -2.10. The molecule has 0 saturated carbocycles. The average molecular weight is 229 g/mol. The molecule has 0 fully saturated rings. The summed E-state index contributed by atoms with van der Waals surface area (Å²) in [7, 11) is 1.60. The second-order valence-electron chi connectivity index (χ2n) is 3.91. The Morgan fingerprint density at radius 2 is 2.00 bits per heavy atom. The van der Waals surface area contributed by atoms with Crippen molar-refractivity contribution >= 4 is 5.82 Å². The van der Waals surface area contributed by atoms with Crippen LogP contribution in [-0.2, 0) is 0 Å². The molecule has 4 nitrogen and oxygen atoms in total. The zero-order valence-corrected chi connectivity index (χ0v) is 10.2. The molecule has 4 heteroatoms. The van der Waals surface area contributed by atoms with Crippen molar-refractivity contribution in [3.8, 4) is 17.0 Å². The van der Waals surface area contributed by atoms with Crippen molar-refractivity contribution in [1.82, 2.24) is 9.97 Å². The first-order chi connectivity index (χ1) is 8.11. The minimum Gasteiger partial charge on any atom is -0.481 e. The van der Waals surface area contributed by atoms with E-state index in [-0.39, 0.29) is 0 Å². The predicted octanol–water partition coefficient (Wildman–Crippen LogP) is 2.35.